The predicted octanol–water partition coefficient (Wildman–Crippen LogP) is 2.24. The zero-order chi connectivity index (χ0) is 10.5. The lowest BCUT2D eigenvalue weighted by atomic mass is 10.0. The molecular formula is C13H17NO. The molecule has 1 aliphatic rings. The highest BCUT2D eigenvalue weighted by Gasteiger charge is 2.21. The molecule has 1 saturated heterocycles. The van der Waals surface area contributed by atoms with E-state index in [-0.39, 0.29) is 6.04 Å². The summed E-state index contributed by atoms with van der Waals surface area (Å²) >= 11 is 0. The minimum Gasteiger partial charge on any atom is -0.302 e. The molecule has 1 unspecified atom stereocenters. The van der Waals surface area contributed by atoms with Gasteiger partial charge in [-0.05, 0) is 24.9 Å². The third-order valence-electron chi connectivity index (χ3n) is 3.05. The number of carbonyl (C=O) groups is 1. The van der Waals surface area contributed by atoms with Crippen molar-refractivity contribution in [2.24, 2.45) is 0 Å². The highest BCUT2D eigenvalue weighted by Crippen LogP contribution is 2.17. The van der Waals surface area contributed by atoms with E-state index < -0.39 is 0 Å². The van der Waals surface area contributed by atoms with E-state index in [2.05, 4.69) is 29.2 Å². The van der Waals surface area contributed by atoms with Crippen molar-refractivity contribution in [2.45, 2.75) is 31.8 Å². The lowest BCUT2D eigenvalue weighted by molar-refractivity contribution is -0.113. The van der Waals surface area contributed by atoms with Gasteiger partial charge in [0.2, 0.25) is 0 Å². The van der Waals surface area contributed by atoms with Gasteiger partial charge in [-0.25, -0.2) is 0 Å². The Kier molecular flexibility index (Phi) is 3.51. The maximum Gasteiger partial charge on any atom is 0.137 e. The van der Waals surface area contributed by atoms with Crippen LogP contribution >= 0.6 is 0 Å². The summed E-state index contributed by atoms with van der Waals surface area (Å²) in [4.78, 5) is 13.2. The third-order valence-corrected chi connectivity index (χ3v) is 3.05. The lowest BCUT2D eigenvalue weighted by Gasteiger charge is -2.32. The summed E-state index contributed by atoms with van der Waals surface area (Å²) in [5, 5.41) is 0. The molecule has 2 rings (SSSR count). The van der Waals surface area contributed by atoms with Crippen molar-refractivity contribution < 1.29 is 4.79 Å². The second-order valence-corrected chi connectivity index (χ2v) is 4.16. The highest BCUT2D eigenvalue weighted by atomic mass is 16.1. The maximum absolute atomic E-state index is 10.9. The minimum atomic E-state index is 0.138. The fraction of sp³-hybridized carbons (Fsp3) is 0.462. The number of hydrogen-bond donors (Lipinski definition) is 0. The summed E-state index contributed by atoms with van der Waals surface area (Å²) in [5.41, 5.74) is 1.30. The molecule has 0 radical (unpaired) electrons. The molecule has 80 valence electrons. The van der Waals surface area contributed by atoms with E-state index in [9.17, 15) is 4.79 Å². The molecule has 0 saturated carbocycles. The summed E-state index contributed by atoms with van der Waals surface area (Å²) in [7, 11) is 0. The van der Waals surface area contributed by atoms with E-state index in [0.717, 1.165) is 25.8 Å². The van der Waals surface area contributed by atoms with Crippen LogP contribution in [0.5, 0.6) is 0 Å². The maximum atomic E-state index is 10.9. The molecule has 1 fully saturated rings. The van der Waals surface area contributed by atoms with Crippen molar-refractivity contribution in [3.05, 3.63) is 35.9 Å². The summed E-state index contributed by atoms with van der Waals surface area (Å²) in [6.45, 7) is 1.96. The molecule has 1 atom stereocenters. The topological polar surface area (TPSA) is 20.3 Å². The number of hydrogen-bond acceptors (Lipinski definition) is 2. The first-order valence-electron chi connectivity index (χ1n) is 5.63. The van der Waals surface area contributed by atoms with Gasteiger partial charge in [0.15, 0.2) is 0 Å². The molecule has 0 amide bonds. The Morgan fingerprint density at radius 2 is 2.07 bits per heavy atom. The van der Waals surface area contributed by atoms with Crippen LogP contribution in [0.2, 0.25) is 0 Å². The number of benzene rings is 1. The molecule has 2 heteroatoms. The van der Waals surface area contributed by atoms with Crippen LogP contribution in [0.15, 0.2) is 30.3 Å². The van der Waals surface area contributed by atoms with Gasteiger partial charge in [-0.2, -0.15) is 0 Å². The summed E-state index contributed by atoms with van der Waals surface area (Å²) in [6.07, 6.45) is 4.53. The molecule has 0 aliphatic carbocycles. The minimum absolute atomic E-state index is 0.138. The average Bonchev–Trinajstić information content (AvgIpc) is 2.31. The third kappa shape index (κ3) is 2.66. The first-order chi connectivity index (χ1) is 7.40. The van der Waals surface area contributed by atoms with Gasteiger partial charge in [-0.3, -0.25) is 4.90 Å². The average molecular weight is 203 g/mol. The van der Waals surface area contributed by atoms with Gasteiger partial charge in [-0.1, -0.05) is 36.8 Å². The van der Waals surface area contributed by atoms with Gasteiger partial charge in [0, 0.05) is 6.54 Å². The number of likely N-dealkylation sites (tertiary alicyclic amines) is 1. The Balaban J connectivity index is 2.00. The Morgan fingerprint density at radius 3 is 2.80 bits per heavy atom. The predicted molar refractivity (Wildman–Crippen MR) is 60.6 cm³/mol. The second-order valence-electron chi connectivity index (χ2n) is 4.16. The zero-order valence-electron chi connectivity index (χ0n) is 8.93. The molecule has 1 heterocycles. The monoisotopic (exact) mass is 203 g/mol. The quantitative estimate of drug-likeness (QED) is 0.702. The van der Waals surface area contributed by atoms with Crippen LogP contribution in [-0.2, 0) is 11.3 Å². The smallest absolute Gasteiger partial charge is 0.137 e. The van der Waals surface area contributed by atoms with Crippen molar-refractivity contribution >= 4 is 6.29 Å². The lowest BCUT2D eigenvalue weighted by Crippen LogP contribution is -2.39. The van der Waals surface area contributed by atoms with Crippen LogP contribution in [0.4, 0.5) is 0 Å². The molecule has 0 aromatic heterocycles. The summed E-state index contributed by atoms with van der Waals surface area (Å²) in [5.74, 6) is 0. The largest absolute Gasteiger partial charge is 0.302 e. The van der Waals surface area contributed by atoms with Crippen molar-refractivity contribution in [3.8, 4) is 0 Å². The Bertz CT molecular complexity index is 310. The molecular weight excluding hydrogens is 186 g/mol. The van der Waals surface area contributed by atoms with E-state index in [4.69, 9.17) is 0 Å². The van der Waals surface area contributed by atoms with Crippen LogP contribution in [0.3, 0.4) is 0 Å². The van der Waals surface area contributed by atoms with E-state index in [1.807, 2.05) is 6.07 Å². The molecule has 1 aromatic carbocycles. The molecule has 15 heavy (non-hydrogen) atoms. The van der Waals surface area contributed by atoms with Crippen LogP contribution in [0.25, 0.3) is 0 Å². The number of nitrogens with zero attached hydrogens (tertiary/aromatic N) is 1. The molecule has 0 bridgehead atoms. The van der Waals surface area contributed by atoms with E-state index >= 15 is 0 Å². The van der Waals surface area contributed by atoms with Gasteiger partial charge >= 0.3 is 0 Å². The zero-order valence-corrected chi connectivity index (χ0v) is 8.93. The van der Waals surface area contributed by atoms with Crippen LogP contribution in [0, 0.1) is 0 Å². The Hall–Kier alpha value is -1.15. The van der Waals surface area contributed by atoms with Crippen LogP contribution in [-0.4, -0.2) is 23.8 Å². The van der Waals surface area contributed by atoms with E-state index in [1.54, 1.807) is 0 Å². The van der Waals surface area contributed by atoms with Crippen molar-refractivity contribution in [2.75, 3.05) is 6.54 Å². The van der Waals surface area contributed by atoms with E-state index in [1.165, 1.54) is 18.4 Å². The molecule has 1 aliphatic heterocycles. The highest BCUT2D eigenvalue weighted by molar-refractivity contribution is 5.57. The van der Waals surface area contributed by atoms with Crippen molar-refractivity contribution in [1.29, 1.82) is 0 Å². The standard InChI is InChI=1S/C13H17NO/c15-11-13-8-4-5-9-14(13)10-12-6-2-1-3-7-12/h1-3,6-7,11,13H,4-5,8-10H2. The number of carbonyl (C=O) groups excluding carboxylic acids is 1. The van der Waals surface area contributed by atoms with E-state index in [0.29, 0.717) is 0 Å². The SMILES string of the molecule is O=CC1CCCCN1Cc1ccccc1. The van der Waals surface area contributed by atoms with Gasteiger partial charge in [0.05, 0.1) is 6.04 Å². The summed E-state index contributed by atoms with van der Waals surface area (Å²) < 4.78 is 0. The molecule has 2 nitrogen and oxygen atoms in total. The normalized spacial score (nSPS) is 22.5. The van der Waals surface area contributed by atoms with Crippen LogP contribution < -0.4 is 0 Å². The Labute approximate surface area is 90.9 Å². The Morgan fingerprint density at radius 1 is 1.27 bits per heavy atom. The number of piperidine rings is 1. The van der Waals surface area contributed by atoms with Crippen molar-refractivity contribution in [1.82, 2.24) is 4.90 Å². The van der Waals surface area contributed by atoms with Gasteiger partial charge in [0.25, 0.3) is 0 Å². The number of aldehydes is 1. The fourth-order valence-corrected chi connectivity index (χ4v) is 2.19. The number of rotatable bonds is 3. The summed E-state index contributed by atoms with van der Waals surface area (Å²) in [6, 6.07) is 10.5. The second kappa shape index (κ2) is 5.08. The molecule has 1 aromatic rings. The van der Waals surface area contributed by atoms with Crippen LogP contribution in [0.1, 0.15) is 24.8 Å². The van der Waals surface area contributed by atoms with Gasteiger partial charge < -0.3 is 4.79 Å². The van der Waals surface area contributed by atoms with Crippen molar-refractivity contribution in [3.63, 3.8) is 0 Å². The first-order valence-corrected chi connectivity index (χ1v) is 5.63. The first kappa shape index (κ1) is 10.4. The van der Waals surface area contributed by atoms with Gasteiger partial charge in [0.1, 0.15) is 6.29 Å². The molecule has 0 N–H and O–H groups in total. The molecule has 0 spiro atoms. The van der Waals surface area contributed by atoms with Gasteiger partial charge in [-0.15, -0.1) is 0 Å². The fourth-order valence-electron chi connectivity index (χ4n) is 2.19.